The Bertz CT molecular complexity index is 1540. The maximum Gasteiger partial charge on any atom is 0.339 e. The second-order valence-corrected chi connectivity index (χ2v) is 9.12. The normalized spacial score (nSPS) is 11.6. The van der Waals surface area contributed by atoms with Crippen LogP contribution in [0.2, 0.25) is 0 Å². The van der Waals surface area contributed by atoms with Gasteiger partial charge in [0.25, 0.3) is 5.91 Å². The third-order valence-corrected chi connectivity index (χ3v) is 6.35. The number of nitrogens with one attached hydrogen (secondary N) is 1. The van der Waals surface area contributed by atoms with Crippen molar-refractivity contribution >= 4 is 38.6 Å². The first-order valence-corrected chi connectivity index (χ1v) is 11.8. The molecule has 1 N–H and O–H groups in total. The zero-order chi connectivity index (χ0) is 24.1. The Morgan fingerprint density at radius 1 is 0.941 bits per heavy atom. The van der Waals surface area contributed by atoms with Crippen molar-refractivity contribution in [2.45, 2.75) is 11.8 Å². The number of hydrogen-bond acceptors (Lipinski definition) is 5. The molecule has 0 radical (unpaired) electrons. The van der Waals surface area contributed by atoms with E-state index < -0.39 is 16.0 Å². The van der Waals surface area contributed by atoms with Gasteiger partial charge in [0, 0.05) is 11.1 Å². The Kier molecular flexibility index (Phi) is 6.44. The molecule has 0 saturated heterocycles. The number of nitriles is 1. The van der Waals surface area contributed by atoms with Crippen LogP contribution >= 0.6 is 0 Å². The Morgan fingerprint density at radius 2 is 1.65 bits per heavy atom. The minimum absolute atomic E-state index is 0.0335. The second kappa shape index (κ2) is 9.61. The fraction of sp³-hybridized carbons (Fsp3) is 0.0370. The van der Waals surface area contributed by atoms with E-state index >= 15 is 0 Å². The third kappa shape index (κ3) is 5.14. The molecule has 0 aliphatic heterocycles. The Labute approximate surface area is 197 Å². The summed E-state index contributed by atoms with van der Waals surface area (Å²) >= 11 is 0. The molecule has 168 valence electrons. The molecule has 0 atom stereocenters. The van der Waals surface area contributed by atoms with Crippen molar-refractivity contribution in [3.8, 4) is 11.8 Å². The lowest BCUT2D eigenvalue weighted by molar-refractivity contribution is -0.112. The van der Waals surface area contributed by atoms with Crippen LogP contribution in [0.3, 0.4) is 0 Å². The third-order valence-electron chi connectivity index (χ3n) is 5.09. The van der Waals surface area contributed by atoms with Gasteiger partial charge in [0.05, 0.1) is 0 Å². The summed E-state index contributed by atoms with van der Waals surface area (Å²) in [4.78, 5) is 12.8. The average Bonchev–Trinajstić information content (AvgIpc) is 2.83. The van der Waals surface area contributed by atoms with Gasteiger partial charge in [0.2, 0.25) is 0 Å². The summed E-state index contributed by atoms with van der Waals surface area (Å²) in [6.07, 6.45) is 1.38. The van der Waals surface area contributed by atoms with E-state index in [9.17, 15) is 18.5 Å². The predicted octanol–water partition coefficient (Wildman–Crippen LogP) is 5.46. The van der Waals surface area contributed by atoms with Gasteiger partial charge in [0.15, 0.2) is 0 Å². The minimum Gasteiger partial charge on any atom is -0.379 e. The maximum atomic E-state index is 12.8. The standard InChI is InChI=1S/C27H20N2O4S/c1-19-12-14-24(15-13-19)34(31,32)33-23-9-4-6-20(17-23)16-22(18-28)27(30)29-26-11-5-8-21-7-2-3-10-25(21)26/h2-17H,1H3,(H,29,30). The number of rotatable bonds is 6. The highest BCUT2D eigenvalue weighted by molar-refractivity contribution is 7.87. The number of aryl methyl sites for hydroxylation is 1. The van der Waals surface area contributed by atoms with Gasteiger partial charge in [-0.15, -0.1) is 0 Å². The topological polar surface area (TPSA) is 96.3 Å². The van der Waals surface area contributed by atoms with Crippen LogP contribution in [0, 0.1) is 18.3 Å². The van der Waals surface area contributed by atoms with Crippen LogP contribution < -0.4 is 9.50 Å². The lowest BCUT2D eigenvalue weighted by Crippen LogP contribution is -2.13. The number of nitrogens with zero attached hydrogens (tertiary/aromatic N) is 1. The van der Waals surface area contributed by atoms with Crippen molar-refractivity contribution in [3.05, 3.63) is 108 Å². The molecular weight excluding hydrogens is 448 g/mol. The van der Waals surface area contributed by atoms with Crippen molar-refractivity contribution in [1.29, 1.82) is 5.26 Å². The zero-order valence-electron chi connectivity index (χ0n) is 18.2. The fourth-order valence-electron chi connectivity index (χ4n) is 3.38. The van der Waals surface area contributed by atoms with Crippen LogP contribution in [-0.4, -0.2) is 14.3 Å². The fourth-order valence-corrected chi connectivity index (χ4v) is 4.30. The molecule has 4 aromatic rings. The number of hydrogen-bond donors (Lipinski definition) is 1. The summed E-state index contributed by atoms with van der Waals surface area (Å²) in [6, 6.07) is 27.5. The van der Waals surface area contributed by atoms with E-state index in [-0.39, 0.29) is 16.2 Å². The van der Waals surface area contributed by atoms with E-state index in [1.54, 1.807) is 30.3 Å². The predicted molar refractivity (Wildman–Crippen MR) is 132 cm³/mol. The summed E-state index contributed by atoms with van der Waals surface area (Å²) < 4.78 is 30.4. The monoisotopic (exact) mass is 468 g/mol. The van der Waals surface area contributed by atoms with Gasteiger partial charge in [-0.1, -0.05) is 66.2 Å². The van der Waals surface area contributed by atoms with Gasteiger partial charge in [-0.2, -0.15) is 13.7 Å². The van der Waals surface area contributed by atoms with Gasteiger partial charge < -0.3 is 9.50 Å². The molecule has 34 heavy (non-hydrogen) atoms. The lowest BCUT2D eigenvalue weighted by Gasteiger charge is -2.09. The number of anilines is 1. The second-order valence-electron chi connectivity index (χ2n) is 7.57. The van der Waals surface area contributed by atoms with E-state index in [0.29, 0.717) is 11.3 Å². The smallest absolute Gasteiger partial charge is 0.339 e. The molecule has 0 unspecified atom stereocenters. The molecular formula is C27H20N2O4S. The molecule has 7 heteroatoms. The molecule has 0 saturated carbocycles. The van der Waals surface area contributed by atoms with Crippen LogP contribution in [-0.2, 0) is 14.9 Å². The van der Waals surface area contributed by atoms with E-state index in [2.05, 4.69) is 5.32 Å². The highest BCUT2D eigenvalue weighted by atomic mass is 32.2. The number of carbonyl (C=O) groups excluding carboxylic acids is 1. The molecule has 0 bridgehead atoms. The van der Waals surface area contributed by atoms with E-state index in [1.807, 2.05) is 49.4 Å². The average molecular weight is 469 g/mol. The van der Waals surface area contributed by atoms with Crippen molar-refractivity contribution in [2.24, 2.45) is 0 Å². The largest absolute Gasteiger partial charge is 0.379 e. The summed E-state index contributed by atoms with van der Waals surface area (Å²) in [5.41, 5.74) is 1.83. The Morgan fingerprint density at radius 3 is 2.41 bits per heavy atom. The van der Waals surface area contributed by atoms with Crippen molar-refractivity contribution < 1.29 is 17.4 Å². The minimum atomic E-state index is -4.02. The first-order chi connectivity index (χ1) is 16.4. The van der Waals surface area contributed by atoms with E-state index in [4.69, 9.17) is 4.18 Å². The number of benzene rings is 4. The van der Waals surface area contributed by atoms with Gasteiger partial charge in [-0.05, 0) is 54.3 Å². The van der Waals surface area contributed by atoms with Crippen LogP contribution in [0.4, 0.5) is 5.69 Å². The number of amides is 1. The van der Waals surface area contributed by atoms with Crippen LogP contribution in [0.5, 0.6) is 5.75 Å². The SMILES string of the molecule is Cc1ccc(S(=O)(=O)Oc2cccc(C=C(C#N)C(=O)Nc3cccc4ccccc34)c2)cc1. The molecule has 1 amide bonds. The molecule has 0 aliphatic rings. The number of carbonyl (C=O) groups is 1. The van der Waals surface area contributed by atoms with Gasteiger partial charge in [-0.3, -0.25) is 4.79 Å². The lowest BCUT2D eigenvalue weighted by atomic mass is 10.1. The highest BCUT2D eigenvalue weighted by Gasteiger charge is 2.17. The van der Waals surface area contributed by atoms with Crippen molar-refractivity contribution in [2.75, 3.05) is 5.32 Å². The van der Waals surface area contributed by atoms with Gasteiger partial charge in [-0.25, -0.2) is 0 Å². The molecule has 0 aromatic heterocycles. The van der Waals surface area contributed by atoms with Crippen LogP contribution in [0.25, 0.3) is 16.8 Å². The molecule has 0 heterocycles. The van der Waals surface area contributed by atoms with Gasteiger partial charge in [0.1, 0.15) is 22.3 Å². The highest BCUT2D eigenvalue weighted by Crippen LogP contribution is 2.24. The van der Waals surface area contributed by atoms with E-state index in [0.717, 1.165) is 16.3 Å². The molecule has 6 nitrogen and oxygen atoms in total. The Balaban J connectivity index is 1.56. The van der Waals surface area contributed by atoms with Crippen LogP contribution in [0.1, 0.15) is 11.1 Å². The maximum absolute atomic E-state index is 12.8. The van der Waals surface area contributed by atoms with E-state index in [1.165, 1.54) is 30.3 Å². The molecule has 4 aromatic carbocycles. The first-order valence-electron chi connectivity index (χ1n) is 10.4. The molecule has 0 aliphatic carbocycles. The van der Waals surface area contributed by atoms with Crippen molar-refractivity contribution in [3.63, 3.8) is 0 Å². The molecule has 4 rings (SSSR count). The van der Waals surface area contributed by atoms with Crippen molar-refractivity contribution in [1.82, 2.24) is 0 Å². The zero-order valence-corrected chi connectivity index (χ0v) is 19.0. The van der Waals surface area contributed by atoms with Crippen LogP contribution in [0.15, 0.2) is 101 Å². The van der Waals surface area contributed by atoms with Gasteiger partial charge >= 0.3 is 10.1 Å². The molecule has 0 fully saturated rings. The summed E-state index contributed by atoms with van der Waals surface area (Å²) in [6.45, 7) is 1.86. The summed E-state index contributed by atoms with van der Waals surface area (Å²) in [5.74, 6) is -0.501. The summed E-state index contributed by atoms with van der Waals surface area (Å²) in [7, 11) is -4.02. The number of fused-ring (bicyclic) bond motifs is 1. The first kappa shape index (κ1) is 22.8. The quantitative estimate of drug-likeness (QED) is 0.230. The summed E-state index contributed by atoms with van der Waals surface area (Å²) in [5, 5.41) is 14.2. The Hall–Kier alpha value is -4.41. The molecule has 0 spiro atoms.